The van der Waals surface area contributed by atoms with E-state index in [1.165, 1.54) is 23.1 Å². The third-order valence-corrected chi connectivity index (χ3v) is 7.51. The Morgan fingerprint density at radius 2 is 1.66 bits per heavy atom. The zero-order valence-electron chi connectivity index (χ0n) is 18.4. The van der Waals surface area contributed by atoms with Crippen molar-refractivity contribution in [3.05, 3.63) is 92.6 Å². The summed E-state index contributed by atoms with van der Waals surface area (Å²) in [6.45, 7) is 4.96. The van der Waals surface area contributed by atoms with Crippen LogP contribution in [0.5, 0.6) is 0 Å². The van der Waals surface area contributed by atoms with E-state index >= 15 is 0 Å². The van der Waals surface area contributed by atoms with Crippen molar-refractivity contribution in [1.29, 1.82) is 0 Å². The highest BCUT2D eigenvalue weighted by atomic mass is 32.2. The van der Waals surface area contributed by atoms with Crippen LogP contribution in [0.2, 0.25) is 0 Å². The van der Waals surface area contributed by atoms with Crippen LogP contribution in [0.4, 0.5) is 0 Å². The first kappa shape index (κ1) is 22.3. The van der Waals surface area contributed by atoms with E-state index in [9.17, 15) is 9.59 Å². The van der Waals surface area contributed by atoms with Gasteiger partial charge in [-0.1, -0.05) is 72.4 Å². The molecule has 0 N–H and O–H groups in total. The molecule has 0 aliphatic heterocycles. The molecule has 0 spiro atoms. The van der Waals surface area contributed by atoms with Gasteiger partial charge >= 0.3 is 0 Å². The second-order valence-corrected chi connectivity index (χ2v) is 9.90. The minimum absolute atomic E-state index is 0.00185. The van der Waals surface area contributed by atoms with Crippen LogP contribution in [0.3, 0.4) is 0 Å². The molecular formula is C25H25N3O2S2. The van der Waals surface area contributed by atoms with E-state index in [1.54, 1.807) is 16.5 Å². The lowest BCUT2D eigenvalue weighted by atomic mass is 10.2. The predicted octanol–water partition coefficient (Wildman–Crippen LogP) is 4.87. The maximum absolute atomic E-state index is 13.4. The summed E-state index contributed by atoms with van der Waals surface area (Å²) in [6.07, 6.45) is 0. The first-order valence-corrected chi connectivity index (χ1v) is 12.2. The number of carbonyl (C=O) groups excluding carboxylic acids is 1. The second kappa shape index (κ2) is 9.71. The molecule has 5 nitrogen and oxygen atoms in total. The molecule has 0 radical (unpaired) electrons. The summed E-state index contributed by atoms with van der Waals surface area (Å²) in [4.78, 5) is 34.6. The van der Waals surface area contributed by atoms with Crippen molar-refractivity contribution in [1.82, 2.24) is 14.5 Å². The first-order valence-electron chi connectivity index (χ1n) is 10.4. The number of nitrogens with zero attached hydrogens (tertiary/aromatic N) is 3. The highest BCUT2D eigenvalue weighted by molar-refractivity contribution is 7.99. The number of benzene rings is 2. The fourth-order valence-corrected chi connectivity index (χ4v) is 5.52. The lowest BCUT2D eigenvalue weighted by Gasteiger charge is -2.18. The normalized spacial score (nSPS) is 11.1. The smallest absolute Gasteiger partial charge is 0.263 e. The summed E-state index contributed by atoms with van der Waals surface area (Å²) in [5, 5.41) is 1.26. The van der Waals surface area contributed by atoms with Crippen molar-refractivity contribution in [2.24, 2.45) is 0 Å². The largest absolute Gasteiger partial charge is 0.341 e. The zero-order chi connectivity index (χ0) is 22.7. The number of fused-ring (bicyclic) bond motifs is 1. The predicted molar refractivity (Wildman–Crippen MR) is 133 cm³/mol. The van der Waals surface area contributed by atoms with Crippen LogP contribution in [0.15, 0.2) is 70.6 Å². The van der Waals surface area contributed by atoms with Gasteiger partial charge in [-0.25, -0.2) is 4.98 Å². The minimum Gasteiger partial charge on any atom is -0.341 e. The highest BCUT2D eigenvalue weighted by Crippen LogP contribution is 2.28. The van der Waals surface area contributed by atoms with E-state index in [0.29, 0.717) is 23.6 Å². The Labute approximate surface area is 195 Å². The fraction of sp³-hybridized carbons (Fsp3) is 0.240. The lowest BCUT2D eigenvalue weighted by molar-refractivity contribution is -0.127. The summed E-state index contributed by atoms with van der Waals surface area (Å²) in [7, 11) is 1.80. The van der Waals surface area contributed by atoms with Crippen LogP contribution in [0, 0.1) is 13.8 Å². The average Bonchev–Trinajstić information content (AvgIpc) is 3.09. The summed E-state index contributed by atoms with van der Waals surface area (Å²) in [5.41, 5.74) is 3.04. The third-order valence-electron chi connectivity index (χ3n) is 5.45. The molecule has 0 aliphatic rings. The van der Waals surface area contributed by atoms with Gasteiger partial charge < -0.3 is 4.90 Å². The van der Waals surface area contributed by atoms with Crippen LogP contribution >= 0.6 is 23.1 Å². The molecule has 0 bridgehead atoms. The number of rotatable bonds is 7. The molecule has 4 aromatic rings. The first-order chi connectivity index (χ1) is 15.4. The number of thioether (sulfide) groups is 1. The zero-order valence-corrected chi connectivity index (χ0v) is 20.0. The number of hydrogen-bond acceptors (Lipinski definition) is 5. The molecule has 4 rings (SSSR count). The third kappa shape index (κ3) is 4.79. The van der Waals surface area contributed by atoms with Crippen molar-refractivity contribution in [2.75, 3.05) is 12.8 Å². The standard InChI is InChI=1S/C25H25N3O2S2/c1-17-18(2)32-23-22(17)24(30)28(15-20-12-8-5-9-13-20)25(26-23)31-16-21(29)27(3)14-19-10-6-4-7-11-19/h4-13H,14-16H2,1-3H3. The molecule has 164 valence electrons. The van der Waals surface area contributed by atoms with Crippen molar-refractivity contribution in [3.63, 3.8) is 0 Å². The van der Waals surface area contributed by atoms with E-state index in [2.05, 4.69) is 0 Å². The van der Waals surface area contributed by atoms with Gasteiger partial charge in [-0.3, -0.25) is 14.2 Å². The summed E-state index contributed by atoms with van der Waals surface area (Å²) >= 11 is 2.86. The van der Waals surface area contributed by atoms with Gasteiger partial charge in [-0.05, 0) is 30.5 Å². The molecule has 7 heteroatoms. The van der Waals surface area contributed by atoms with Gasteiger partial charge in [0.05, 0.1) is 17.7 Å². The molecule has 2 aromatic carbocycles. The maximum Gasteiger partial charge on any atom is 0.263 e. The Balaban J connectivity index is 1.61. The van der Waals surface area contributed by atoms with E-state index in [0.717, 1.165) is 26.4 Å². The van der Waals surface area contributed by atoms with Crippen molar-refractivity contribution < 1.29 is 4.79 Å². The number of carbonyl (C=O) groups is 1. The molecular weight excluding hydrogens is 438 g/mol. The highest BCUT2D eigenvalue weighted by Gasteiger charge is 2.19. The molecule has 0 unspecified atom stereocenters. The summed E-state index contributed by atoms with van der Waals surface area (Å²) in [6, 6.07) is 19.8. The van der Waals surface area contributed by atoms with Crippen LogP contribution in [-0.2, 0) is 17.9 Å². The van der Waals surface area contributed by atoms with Gasteiger partial charge in [0.15, 0.2) is 5.16 Å². The monoisotopic (exact) mass is 463 g/mol. The molecule has 1 amide bonds. The minimum atomic E-state index is -0.0479. The van der Waals surface area contributed by atoms with E-state index in [1.807, 2.05) is 74.5 Å². The Hall–Kier alpha value is -2.90. The molecule has 32 heavy (non-hydrogen) atoms. The average molecular weight is 464 g/mol. The van der Waals surface area contributed by atoms with Gasteiger partial charge in [-0.2, -0.15) is 0 Å². The van der Waals surface area contributed by atoms with Crippen LogP contribution < -0.4 is 5.56 Å². The van der Waals surface area contributed by atoms with E-state index in [-0.39, 0.29) is 17.2 Å². The molecule has 0 saturated carbocycles. The molecule has 2 heterocycles. The summed E-state index contributed by atoms with van der Waals surface area (Å²) in [5.74, 6) is 0.220. The van der Waals surface area contributed by atoms with Gasteiger partial charge in [0.1, 0.15) is 4.83 Å². The second-order valence-electron chi connectivity index (χ2n) is 7.76. The fourth-order valence-electron chi connectivity index (χ4n) is 3.51. The van der Waals surface area contributed by atoms with E-state index < -0.39 is 0 Å². The van der Waals surface area contributed by atoms with Gasteiger partial charge in [-0.15, -0.1) is 11.3 Å². The van der Waals surface area contributed by atoms with Crippen LogP contribution in [-0.4, -0.2) is 33.2 Å². The van der Waals surface area contributed by atoms with Crippen molar-refractivity contribution in [3.8, 4) is 0 Å². The van der Waals surface area contributed by atoms with Gasteiger partial charge in [0, 0.05) is 18.5 Å². The quantitative estimate of drug-likeness (QED) is 0.290. The van der Waals surface area contributed by atoms with Crippen molar-refractivity contribution >= 4 is 39.2 Å². The number of amides is 1. The topological polar surface area (TPSA) is 55.2 Å². The number of hydrogen-bond donors (Lipinski definition) is 0. The molecule has 2 aromatic heterocycles. The van der Waals surface area contributed by atoms with Crippen LogP contribution in [0.25, 0.3) is 10.2 Å². The Kier molecular flexibility index (Phi) is 6.77. The summed E-state index contributed by atoms with van der Waals surface area (Å²) < 4.78 is 1.70. The lowest BCUT2D eigenvalue weighted by Crippen LogP contribution is -2.29. The molecule has 0 atom stereocenters. The SMILES string of the molecule is Cc1sc2nc(SCC(=O)N(C)Cc3ccccc3)n(Cc3ccccc3)c(=O)c2c1C. The molecule has 0 aliphatic carbocycles. The Bertz CT molecular complexity index is 1300. The van der Waals surface area contributed by atoms with Gasteiger partial charge in [0.25, 0.3) is 5.56 Å². The number of aromatic nitrogens is 2. The van der Waals surface area contributed by atoms with Gasteiger partial charge in [0.2, 0.25) is 5.91 Å². The van der Waals surface area contributed by atoms with Crippen molar-refractivity contribution in [2.45, 2.75) is 32.1 Å². The maximum atomic E-state index is 13.4. The van der Waals surface area contributed by atoms with E-state index in [4.69, 9.17) is 4.98 Å². The number of aryl methyl sites for hydroxylation is 2. The Morgan fingerprint density at radius 1 is 1.03 bits per heavy atom. The van der Waals surface area contributed by atoms with Crippen LogP contribution in [0.1, 0.15) is 21.6 Å². The molecule has 0 saturated heterocycles. The Morgan fingerprint density at radius 3 is 2.31 bits per heavy atom. The number of thiophene rings is 1. The molecule has 0 fully saturated rings.